The van der Waals surface area contributed by atoms with Crippen molar-refractivity contribution in [2.24, 2.45) is 0 Å². The number of nitriles is 1. The molecule has 0 spiro atoms. The van der Waals surface area contributed by atoms with Gasteiger partial charge in [-0.2, -0.15) is 5.26 Å². The Bertz CT molecular complexity index is 796. The number of hydrogen-bond acceptors (Lipinski definition) is 2. The topological polar surface area (TPSA) is 38.0 Å². The van der Waals surface area contributed by atoms with Gasteiger partial charge in [0.1, 0.15) is 11.8 Å². The summed E-state index contributed by atoms with van der Waals surface area (Å²) in [6, 6.07) is 18.1. The Hall–Kier alpha value is -2.73. The number of hydrogen-bond donors (Lipinski definition) is 0. The van der Waals surface area contributed by atoms with Gasteiger partial charge in [0.15, 0.2) is 0 Å². The second-order valence-corrected chi connectivity index (χ2v) is 4.61. The Kier molecular flexibility index (Phi) is 3.14. The number of benzene rings is 2. The molecule has 1 heterocycles. The van der Waals surface area contributed by atoms with Crippen LogP contribution in [0.15, 0.2) is 54.7 Å². The predicted octanol–water partition coefficient (Wildman–Crippen LogP) is 3.57. The van der Waals surface area contributed by atoms with Gasteiger partial charge in [-0.3, -0.25) is 0 Å². The summed E-state index contributed by atoms with van der Waals surface area (Å²) in [7, 11) is 1.67. The molecule has 0 N–H and O–H groups in total. The maximum atomic E-state index is 9.23. The van der Waals surface area contributed by atoms with Crippen LogP contribution in [0.4, 0.5) is 0 Å². The van der Waals surface area contributed by atoms with E-state index in [0.717, 1.165) is 22.2 Å². The molecule has 0 atom stereocenters. The van der Waals surface area contributed by atoms with Crippen molar-refractivity contribution in [2.75, 3.05) is 7.11 Å². The van der Waals surface area contributed by atoms with Crippen LogP contribution in [0.1, 0.15) is 11.1 Å². The van der Waals surface area contributed by atoms with Gasteiger partial charge in [-0.15, -0.1) is 0 Å². The van der Waals surface area contributed by atoms with Gasteiger partial charge >= 0.3 is 0 Å². The van der Waals surface area contributed by atoms with Crippen LogP contribution >= 0.6 is 0 Å². The number of ether oxygens (including phenoxy) is 1. The number of methoxy groups -OCH3 is 1. The number of fused-ring (bicyclic) bond motifs is 1. The largest absolute Gasteiger partial charge is 0.496 e. The summed E-state index contributed by atoms with van der Waals surface area (Å²) in [4.78, 5) is 0. The molecule has 0 unspecified atom stereocenters. The maximum Gasteiger partial charge on any atom is 0.123 e. The Morgan fingerprint density at radius 2 is 1.85 bits per heavy atom. The van der Waals surface area contributed by atoms with E-state index in [9.17, 15) is 5.26 Å². The van der Waals surface area contributed by atoms with E-state index in [0.29, 0.717) is 12.1 Å². The molecule has 1 aromatic heterocycles. The van der Waals surface area contributed by atoms with E-state index in [1.807, 2.05) is 54.7 Å². The van der Waals surface area contributed by atoms with Gasteiger partial charge < -0.3 is 9.30 Å². The van der Waals surface area contributed by atoms with Crippen molar-refractivity contribution in [1.82, 2.24) is 4.57 Å². The molecule has 3 nitrogen and oxygen atoms in total. The molecule has 3 heteroatoms. The van der Waals surface area contributed by atoms with E-state index in [1.165, 1.54) is 0 Å². The molecule has 0 saturated carbocycles. The summed E-state index contributed by atoms with van der Waals surface area (Å²) < 4.78 is 7.47. The minimum atomic E-state index is 0.687. The van der Waals surface area contributed by atoms with Crippen LogP contribution in [-0.4, -0.2) is 11.7 Å². The van der Waals surface area contributed by atoms with Gasteiger partial charge in [0, 0.05) is 22.7 Å². The Balaban J connectivity index is 2.10. The molecule has 0 aliphatic heterocycles. The summed E-state index contributed by atoms with van der Waals surface area (Å²) in [5, 5.41) is 10.2. The lowest BCUT2D eigenvalue weighted by Gasteiger charge is -2.10. The summed E-state index contributed by atoms with van der Waals surface area (Å²) in [5.74, 6) is 0.865. The normalized spacial score (nSPS) is 10.4. The zero-order valence-electron chi connectivity index (χ0n) is 11.2. The van der Waals surface area contributed by atoms with Crippen LogP contribution in [0.25, 0.3) is 10.9 Å². The highest BCUT2D eigenvalue weighted by atomic mass is 16.5. The van der Waals surface area contributed by atoms with E-state index >= 15 is 0 Å². The van der Waals surface area contributed by atoms with Crippen LogP contribution in [0.5, 0.6) is 5.75 Å². The van der Waals surface area contributed by atoms with Gasteiger partial charge in [0.2, 0.25) is 0 Å². The van der Waals surface area contributed by atoms with Gasteiger partial charge in [-0.05, 0) is 12.1 Å². The zero-order valence-corrected chi connectivity index (χ0v) is 11.2. The van der Waals surface area contributed by atoms with E-state index in [1.54, 1.807) is 7.11 Å². The molecule has 0 aliphatic carbocycles. The lowest BCUT2D eigenvalue weighted by atomic mass is 10.2. The van der Waals surface area contributed by atoms with Gasteiger partial charge in [-0.1, -0.05) is 36.4 Å². The first-order chi connectivity index (χ1) is 9.83. The number of aromatic nitrogens is 1. The highest BCUT2D eigenvalue weighted by Gasteiger charge is 2.09. The zero-order chi connectivity index (χ0) is 13.9. The van der Waals surface area contributed by atoms with Crippen molar-refractivity contribution in [1.29, 1.82) is 5.26 Å². The Morgan fingerprint density at radius 3 is 2.65 bits per heavy atom. The quantitative estimate of drug-likeness (QED) is 0.723. The summed E-state index contributed by atoms with van der Waals surface area (Å²) in [5.41, 5.74) is 2.87. The molecular weight excluding hydrogens is 248 g/mol. The predicted molar refractivity (Wildman–Crippen MR) is 78.7 cm³/mol. The van der Waals surface area contributed by atoms with E-state index in [-0.39, 0.29) is 0 Å². The molecule has 0 amide bonds. The minimum Gasteiger partial charge on any atom is -0.496 e. The fraction of sp³-hybridized carbons (Fsp3) is 0.118. The molecule has 98 valence electrons. The van der Waals surface area contributed by atoms with E-state index < -0.39 is 0 Å². The Labute approximate surface area is 117 Å². The average Bonchev–Trinajstić information content (AvgIpc) is 2.86. The molecule has 0 bridgehead atoms. The van der Waals surface area contributed by atoms with Crippen molar-refractivity contribution in [3.05, 3.63) is 65.9 Å². The van der Waals surface area contributed by atoms with Gasteiger partial charge in [0.25, 0.3) is 0 Å². The molecule has 3 rings (SSSR count). The second kappa shape index (κ2) is 5.10. The molecular formula is C17H14N2O. The first-order valence-electron chi connectivity index (χ1n) is 6.43. The van der Waals surface area contributed by atoms with Crippen LogP contribution in [-0.2, 0) is 6.54 Å². The van der Waals surface area contributed by atoms with Crippen LogP contribution in [0.2, 0.25) is 0 Å². The first kappa shape index (κ1) is 12.3. The lowest BCUT2D eigenvalue weighted by Crippen LogP contribution is -2.00. The molecule has 0 fully saturated rings. The third-order valence-electron chi connectivity index (χ3n) is 3.44. The minimum absolute atomic E-state index is 0.687. The average molecular weight is 262 g/mol. The number of para-hydroxylation sites is 2. The lowest BCUT2D eigenvalue weighted by molar-refractivity contribution is 0.408. The van der Waals surface area contributed by atoms with Crippen molar-refractivity contribution >= 4 is 10.9 Å². The standard InChI is InChI=1S/C17H14N2O/c1-20-17-9-5-2-6-13(17)11-19-12-14(10-18)15-7-3-4-8-16(15)19/h2-9,12H,11H2,1H3. The number of rotatable bonds is 3. The van der Waals surface area contributed by atoms with Crippen molar-refractivity contribution in [3.63, 3.8) is 0 Å². The number of nitrogens with zero attached hydrogens (tertiary/aromatic N) is 2. The van der Waals surface area contributed by atoms with Crippen molar-refractivity contribution in [3.8, 4) is 11.8 Å². The molecule has 0 radical (unpaired) electrons. The first-order valence-corrected chi connectivity index (χ1v) is 6.43. The van der Waals surface area contributed by atoms with Gasteiger partial charge in [-0.25, -0.2) is 0 Å². The third-order valence-corrected chi connectivity index (χ3v) is 3.44. The van der Waals surface area contributed by atoms with Crippen LogP contribution in [0, 0.1) is 11.3 Å². The van der Waals surface area contributed by atoms with E-state index in [4.69, 9.17) is 4.74 Å². The summed E-state index contributed by atoms with van der Waals surface area (Å²) in [6.07, 6.45) is 1.90. The SMILES string of the molecule is COc1ccccc1Cn1cc(C#N)c2ccccc21. The Morgan fingerprint density at radius 1 is 1.10 bits per heavy atom. The van der Waals surface area contributed by atoms with Crippen molar-refractivity contribution < 1.29 is 4.74 Å². The molecule has 20 heavy (non-hydrogen) atoms. The summed E-state index contributed by atoms with van der Waals surface area (Å²) >= 11 is 0. The summed E-state index contributed by atoms with van der Waals surface area (Å²) in [6.45, 7) is 0.687. The highest BCUT2D eigenvalue weighted by Crippen LogP contribution is 2.24. The maximum absolute atomic E-state index is 9.23. The second-order valence-electron chi connectivity index (χ2n) is 4.61. The highest BCUT2D eigenvalue weighted by molar-refractivity contribution is 5.86. The monoisotopic (exact) mass is 262 g/mol. The molecule has 0 saturated heterocycles. The molecule has 2 aromatic carbocycles. The van der Waals surface area contributed by atoms with Crippen LogP contribution < -0.4 is 4.74 Å². The van der Waals surface area contributed by atoms with Gasteiger partial charge in [0.05, 0.1) is 19.2 Å². The van der Waals surface area contributed by atoms with Crippen molar-refractivity contribution in [2.45, 2.75) is 6.54 Å². The van der Waals surface area contributed by atoms with Crippen LogP contribution in [0.3, 0.4) is 0 Å². The molecule has 3 aromatic rings. The molecule has 0 aliphatic rings. The smallest absolute Gasteiger partial charge is 0.123 e. The third kappa shape index (κ3) is 2.02. The van der Waals surface area contributed by atoms with E-state index in [2.05, 4.69) is 10.6 Å². The fourth-order valence-corrected chi connectivity index (χ4v) is 2.48. The fourth-order valence-electron chi connectivity index (χ4n) is 2.48.